The van der Waals surface area contributed by atoms with Crippen LogP contribution in [-0.4, -0.2) is 25.3 Å². The Bertz CT molecular complexity index is 582. The number of nitrogens with two attached hydrogens (primary N) is 1. The van der Waals surface area contributed by atoms with Crippen LogP contribution >= 0.6 is 0 Å². The minimum absolute atomic E-state index is 0.387. The van der Waals surface area contributed by atoms with Crippen LogP contribution in [0.3, 0.4) is 0 Å². The first kappa shape index (κ1) is 13.0. The number of benzene rings is 1. The summed E-state index contributed by atoms with van der Waals surface area (Å²) in [6.07, 6.45) is 0. The van der Waals surface area contributed by atoms with Crippen LogP contribution in [0.25, 0.3) is 11.3 Å². The predicted octanol–water partition coefficient (Wildman–Crippen LogP) is 2.16. The first-order valence-electron chi connectivity index (χ1n) is 5.85. The molecule has 0 radical (unpaired) electrons. The predicted molar refractivity (Wildman–Crippen MR) is 72.7 cm³/mol. The molecule has 0 fully saturated rings. The van der Waals surface area contributed by atoms with Gasteiger partial charge in [0.25, 0.3) is 0 Å². The van der Waals surface area contributed by atoms with E-state index in [1.165, 1.54) is 0 Å². The number of nitrogen functional groups attached to an aromatic ring is 1. The Balaban J connectivity index is 2.11. The van der Waals surface area contributed by atoms with Gasteiger partial charge in [-0.3, -0.25) is 0 Å². The highest BCUT2D eigenvalue weighted by atomic mass is 16.5. The summed E-state index contributed by atoms with van der Waals surface area (Å²) in [7, 11) is 1.63. The summed E-state index contributed by atoms with van der Waals surface area (Å²) in [5, 5.41) is 8.86. The van der Waals surface area contributed by atoms with Crippen molar-refractivity contribution < 1.29 is 9.47 Å². The van der Waals surface area contributed by atoms with E-state index in [4.69, 9.17) is 20.5 Å². The number of aromatic amines is 1. The lowest BCUT2D eigenvalue weighted by Gasteiger charge is -2.06. The van der Waals surface area contributed by atoms with Gasteiger partial charge >= 0.3 is 0 Å². The van der Waals surface area contributed by atoms with Gasteiger partial charge in [-0.2, -0.15) is 5.26 Å². The molecule has 5 nitrogen and oxygen atoms in total. The Morgan fingerprint density at radius 2 is 2.00 bits per heavy atom. The first-order valence-corrected chi connectivity index (χ1v) is 5.85. The molecule has 3 N–H and O–H groups in total. The zero-order valence-corrected chi connectivity index (χ0v) is 10.6. The number of ether oxygens (including phenoxy) is 2. The lowest BCUT2D eigenvalue weighted by atomic mass is 10.1. The summed E-state index contributed by atoms with van der Waals surface area (Å²) in [5.74, 6) is 1.17. The third-order valence-corrected chi connectivity index (χ3v) is 2.69. The maximum atomic E-state index is 8.86. The molecular weight excluding hydrogens is 242 g/mol. The molecule has 0 aliphatic carbocycles. The SMILES string of the molecule is COCCOc1ccc(-c2cc(C#N)c(N)[nH]2)cc1. The summed E-state index contributed by atoms with van der Waals surface area (Å²) in [4.78, 5) is 2.98. The van der Waals surface area contributed by atoms with Crippen molar-refractivity contribution in [2.75, 3.05) is 26.1 Å². The number of hydrogen-bond acceptors (Lipinski definition) is 4. The van der Waals surface area contributed by atoms with E-state index in [1.54, 1.807) is 13.2 Å². The van der Waals surface area contributed by atoms with E-state index >= 15 is 0 Å². The number of anilines is 1. The topological polar surface area (TPSA) is 84.1 Å². The molecule has 0 bridgehead atoms. The van der Waals surface area contributed by atoms with Crippen LogP contribution in [0.4, 0.5) is 5.82 Å². The lowest BCUT2D eigenvalue weighted by molar-refractivity contribution is 0.146. The largest absolute Gasteiger partial charge is 0.491 e. The van der Waals surface area contributed by atoms with E-state index in [0.29, 0.717) is 24.6 Å². The van der Waals surface area contributed by atoms with Crippen LogP contribution < -0.4 is 10.5 Å². The van der Waals surface area contributed by atoms with E-state index in [1.807, 2.05) is 30.3 Å². The van der Waals surface area contributed by atoms with E-state index < -0.39 is 0 Å². The first-order chi connectivity index (χ1) is 9.24. The maximum Gasteiger partial charge on any atom is 0.119 e. The highest BCUT2D eigenvalue weighted by molar-refractivity contribution is 5.67. The summed E-state index contributed by atoms with van der Waals surface area (Å²) in [5.41, 5.74) is 7.91. The molecule has 0 spiro atoms. The molecule has 0 aliphatic heterocycles. The number of rotatable bonds is 5. The van der Waals surface area contributed by atoms with Crippen LogP contribution in [0, 0.1) is 11.3 Å². The van der Waals surface area contributed by atoms with Crippen LogP contribution in [0.5, 0.6) is 5.75 Å². The van der Waals surface area contributed by atoms with Crippen LogP contribution in [0.1, 0.15) is 5.56 Å². The highest BCUT2D eigenvalue weighted by Gasteiger charge is 2.06. The van der Waals surface area contributed by atoms with E-state index in [9.17, 15) is 0 Å². The zero-order chi connectivity index (χ0) is 13.7. The molecule has 0 aliphatic rings. The van der Waals surface area contributed by atoms with Crippen molar-refractivity contribution >= 4 is 5.82 Å². The second-order valence-electron chi connectivity index (χ2n) is 3.99. The molecule has 0 saturated heterocycles. The average Bonchev–Trinajstić information content (AvgIpc) is 2.81. The summed E-state index contributed by atoms with van der Waals surface area (Å²) in [6, 6.07) is 11.3. The van der Waals surface area contributed by atoms with E-state index in [-0.39, 0.29) is 0 Å². The second kappa shape index (κ2) is 5.94. The van der Waals surface area contributed by atoms with Gasteiger partial charge in [0.15, 0.2) is 0 Å². The quantitative estimate of drug-likeness (QED) is 0.804. The molecule has 19 heavy (non-hydrogen) atoms. The minimum Gasteiger partial charge on any atom is -0.491 e. The van der Waals surface area contributed by atoms with Gasteiger partial charge < -0.3 is 20.2 Å². The summed E-state index contributed by atoms with van der Waals surface area (Å²) in [6.45, 7) is 1.07. The van der Waals surface area contributed by atoms with Crippen molar-refractivity contribution in [3.05, 3.63) is 35.9 Å². The van der Waals surface area contributed by atoms with Gasteiger partial charge in [0.05, 0.1) is 12.2 Å². The Morgan fingerprint density at radius 3 is 2.58 bits per heavy atom. The number of nitriles is 1. The zero-order valence-electron chi connectivity index (χ0n) is 10.6. The van der Waals surface area contributed by atoms with E-state index in [0.717, 1.165) is 17.0 Å². The van der Waals surface area contributed by atoms with Crippen LogP contribution in [0.2, 0.25) is 0 Å². The highest BCUT2D eigenvalue weighted by Crippen LogP contribution is 2.24. The van der Waals surface area contributed by atoms with Gasteiger partial charge in [0, 0.05) is 12.8 Å². The number of aromatic nitrogens is 1. The second-order valence-corrected chi connectivity index (χ2v) is 3.99. The van der Waals surface area contributed by atoms with Crippen molar-refractivity contribution in [3.8, 4) is 23.1 Å². The van der Waals surface area contributed by atoms with Gasteiger partial charge in [0.2, 0.25) is 0 Å². The smallest absolute Gasteiger partial charge is 0.119 e. The number of methoxy groups -OCH3 is 1. The molecular formula is C14H15N3O2. The number of H-pyrrole nitrogens is 1. The fourth-order valence-electron chi connectivity index (χ4n) is 1.69. The molecule has 1 aromatic heterocycles. The van der Waals surface area contributed by atoms with Gasteiger partial charge in [0.1, 0.15) is 24.2 Å². The van der Waals surface area contributed by atoms with E-state index in [2.05, 4.69) is 4.98 Å². The van der Waals surface area contributed by atoms with Crippen molar-refractivity contribution in [1.82, 2.24) is 4.98 Å². The van der Waals surface area contributed by atoms with Gasteiger partial charge in [-0.15, -0.1) is 0 Å². The third kappa shape index (κ3) is 3.06. The van der Waals surface area contributed by atoms with Crippen LogP contribution in [0.15, 0.2) is 30.3 Å². The Kier molecular flexibility index (Phi) is 4.06. The molecule has 2 rings (SSSR count). The van der Waals surface area contributed by atoms with Gasteiger partial charge in [-0.1, -0.05) is 0 Å². The van der Waals surface area contributed by atoms with Gasteiger partial charge in [-0.25, -0.2) is 0 Å². The number of hydrogen-bond donors (Lipinski definition) is 2. The molecule has 5 heteroatoms. The van der Waals surface area contributed by atoms with Gasteiger partial charge in [-0.05, 0) is 35.9 Å². The van der Waals surface area contributed by atoms with Crippen molar-refractivity contribution in [2.24, 2.45) is 0 Å². The normalized spacial score (nSPS) is 10.1. The lowest BCUT2D eigenvalue weighted by Crippen LogP contribution is -2.03. The molecule has 0 unspecified atom stereocenters. The monoisotopic (exact) mass is 257 g/mol. The maximum absolute atomic E-state index is 8.86. The number of nitrogens with zero attached hydrogens (tertiary/aromatic N) is 1. The number of nitrogens with one attached hydrogen (secondary N) is 1. The fraction of sp³-hybridized carbons (Fsp3) is 0.214. The van der Waals surface area contributed by atoms with Crippen molar-refractivity contribution in [3.63, 3.8) is 0 Å². The summed E-state index contributed by atoms with van der Waals surface area (Å²) >= 11 is 0. The molecule has 0 amide bonds. The average molecular weight is 257 g/mol. The fourth-order valence-corrected chi connectivity index (χ4v) is 1.69. The van der Waals surface area contributed by atoms with Crippen molar-refractivity contribution in [1.29, 1.82) is 5.26 Å². The molecule has 98 valence electrons. The van der Waals surface area contributed by atoms with Crippen LogP contribution in [-0.2, 0) is 4.74 Å². The molecule has 1 aromatic carbocycles. The summed E-state index contributed by atoms with van der Waals surface area (Å²) < 4.78 is 10.4. The molecule has 2 aromatic rings. The minimum atomic E-state index is 0.387. The van der Waals surface area contributed by atoms with Crippen molar-refractivity contribution in [2.45, 2.75) is 0 Å². The molecule has 0 saturated carbocycles. The Morgan fingerprint density at radius 1 is 1.26 bits per heavy atom. The third-order valence-electron chi connectivity index (χ3n) is 2.69. The Labute approximate surface area is 111 Å². The standard InChI is InChI=1S/C14H15N3O2/c1-18-6-7-19-12-4-2-10(3-5-12)13-8-11(9-15)14(16)17-13/h2-5,8,17H,6-7,16H2,1H3. The molecule has 1 heterocycles. The molecule has 0 atom stereocenters. The Hall–Kier alpha value is -2.45.